The van der Waals surface area contributed by atoms with Crippen LogP contribution in [0, 0.1) is 13.8 Å². The maximum Gasteiger partial charge on any atom is 0.737 e. The zero-order chi connectivity index (χ0) is 28.2. The first-order valence-electron chi connectivity index (χ1n) is 14.6. The van der Waals surface area contributed by atoms with E-state index in [1.807, 2.05) is 27.7 Å². The van der Waals surface area contributed by atoms with E-state index in [-0.39, 0.29) is 5.97 Å². The lowest BCUT2D eigenvalue weighted by molar-refractivity contribution is -0.364. The van der Waals surface area contributed by atoms with Gasteiger partial charge in [-0.2, -0.15) is 0 Å². The van der Waals surface area contributed by atoms with Gasteiger partial charge in [-0.1, -0.05) is 59.0 Å². The Bertz CT molecular complexity index is 1190. The molecule has 2 aliphatic rings. The first kappa shape index (κ1) is 30.1. The highest BCUT2D eigenvalue weighted by Crippen LogP contribution is 2.46. The number of rotatable bonds is 14. The lowest BCUT2D eigenvalue weighted by Gasteiger charge is -2.34. The van der Waals surface area contributed by atoms with Crippen molar-refractivity contribution in [2.75, 3.05) is 6.61 Å². The zero-order valence-corrected chi connectivity index (χ0v) is 24.7. The second-order valence-electron chi connectivity index (χ2n) is 11.1. The second-order valence-corrected chi connectivity index (χ2v) is 11.1. The molecular formula is C31H47BF2N2O2. The van der Waals surface area contributed by atoms with Gasteiger partial charge in [0.25, 0.3) is 0 Å². The summed E-state index contributed by atoms with van der Waals surface area (Å²) < 4.78 is 40.3. The molecule has 0 radical (unpaired) electrons. The van der Waals surface area contributed by atoms with E-state index in [2.05, 4.69) is 20.4 Å². The van der Waals surface area contributed by atoms with E-state index in [0.29, 0.717) is 23.6 Å². The van der Waals surface area contributed by atoms with Crippen LogP contribution >= 0.6 is 0 Å². The maximum atomic E-state index is 16.2. The Balaban J connectivity index is 1.65. The minimum atomic E-state index is -3.93. The minimum Gasteiger partial charge on any atom is -0.462 e. The number of ether oxygens (including phenoxy) is 1. The number of carbonyl (C=O) groups is 1. The van der Waals surface area contributed by atoms with E-state index in [0.717, 1.165) is 97.0 Å². The Labute approximate surface area is 228 Å². The molecule has 7 heteroatoms. The first-order valence-corrected chi connectivity index (χ1v) is 14.6. The molecular weight excluding hydrogens is 481 g/mol. The monoisotopic (exact) mass is 528 g/mol. The molecule has 2 aliphatic heterocycles. The molecule has 0 N–H and O–H groups in total. The molecule has 210 valence electrons. The summed E-state index contributed by atoms with van der Waals surface area (Å²) in [7, 11) is 0. The Morgan fingerprint density at radius 2 is 1.50 bits per heavy atom. The van der Waals surface area contributed by atoms with Crippen LogP contribution in [-0.2, 0) is 16.0 Å². The van der Waals surface area contributed by atoms with Crippen molar-refractivity contribution in [1.29, 1.82) is 0 Å². The van der Waals surface area contributed by atoms with Crippen LogP contribution < -0.4 is 0 Å². The number of carbonyl (C=O) groups excluding carboxylic acids is 1. The van der Waals surface area contributed by atoms with Gasteiger partial charge < -0.3 is 22.3 Å². The van der Waals surface area contributed by atoms with Gasteiger partial charge in [0.05, 0.1) is 6.61 Å². The summed E-state index contributed by atoms with van der Waals surface area (Å²) in [5.41, 5.74) is 8.69. The number of unbranched alkanes of at least 4 members (excludes halogenated alkanes) is 7. The van der Waals surface area contributed by atoms with Gasteiger partial charge in [-0.25, -0.2) is 4.79 Å². The third-order valence-corrected chi connectivity index (χ3v) is 8.50. The highest BCUT2D eigenvalue weighted by molar-refractivity contribution is 6.58. The Kier molecular flexibility index (Phi) is 9.99. The average Bonchev–Trinajstić information content (AvgIpc) is 3.28. The SMILES string of the molecule is C=C(C)C(=O)OCCCCCCCCCCC1=C2C(C)=C(CC)C(C)=[N+]2[B-](F)(F)n2c(C)c(CC)c(C)c21. The van der Waals surface area contributed by atoms with Crippen LogP contribution in [-0.4, -0.2) is 34.2 Å². The van der Waals surface area contributed by atoms with Gasteiger partial charge in [-0.05, 0) is 76.6 Å². The highest BCUT2D eigenvalue weighted by atomic mass is 19.2. The molecule has 0 saturated heterocycles. The van der Waals surface area contributed by atoms with Gasteiger partial charge in [0.15, 0.2) is 5.70 Å². The molecule has 0 fully saturated rings. The Morgan fingerprint density at radius 3 is 2.05 bits per heavy atom. The molecule has 4 nitrogen and oxygen atoms in total. The predicted molar refractivity (Wildman–Crippen MR) is 155 cm³/mol. The van der Waals surface area contributed by atoms with Gasteiger partial charge in [-0.15, -0.1) is 0 Å². The molecule has 1 aromatic rings. The lowest BCUT2D eigenvalue weighted by Crippen LogP contribution is -2.51. The molecule has 0 saturated carbocycles. The van der Waals surface area contributed by atoms with Gasteiger partial charge >= 0.3 is 12.9 Å². The van der Waals surface area contributed by atoms with Crippen molar-refractivity contribution in [3.8, 4) is 0 Å². The van der Waals surface area contributed by atoms with Crippen LogP contribution in [0.3, 0.4) is 0 Å². The topological polar surface area (TPSA) is 34.2 Å². The smallest absolute Gasteiger partial charge is 0.462 e. The fourth-order valence-electron chi connectivity index (χ4n) is 6.60. The number of hydrogen-bond acceptors (Lipinski definition) is 2. The van der Waals surface area contributed by atoms with Crippen LogP contribution in [0.5, 0.6) is 0 Å². The van der Waals surface area contributed by atoms with Crippen molar-refractivity contribution in [3.05, 3.63) is 51.5 Å². The van der Waals surface area contributed by atoms with Gasteiger partial charge in [-0.3, -0.25) is 0 Å². The largest absolute Gasteiger partial charge is 0.737 e. The van der Waals surface area contributed by atoms with Crippen molar-refractivity contribution in [3.63, 3.8) is 0 Å². The molecule has 0 amide bonds. The molecule has 38 heavy (non-hydrogen) atoms. The van der Waals surface area contributed by atoms with Gasteiger partial charge in [0.2, 0.25) is 0 Å². The number of allylic oxidation sites excluding steroid dienone is 3. The predicted octanol–water partition coefficient (Wildman–Crippen LogP) is 8.46. The first-order chi connectivity index (χ1) is 18.0. The lowest BCUT2D eigenvalue weighted by atomic mass is 9.84. The molecule has 0 aromatic carbocycles. The third kappa shape index (κ3) is 5.62. The van der Waals surface area contributed by atoms with Crippen molar-refractivity contribution < 1.29 is 22.6 Å². The van der Waals surface area contributed by atoms with E-state index in [9.17, 15) is 4.79 Å². The van der Waals surface area contributed by atoms with Gasteiger partial charge in [0, 0.05) is 34.9 Å². The van der Waals surface area contributed by atoms with Crippen LogP contribution in [0.25, 0.3) is 5.57 Å². The number of nitrogens with zero attached hydrogens (tertiary/aromatic N) is 2. The maximum absolute atomic E-state index is 16.2. The molecule has 1 aromatic heterocycles. The van der Waals surface area contributed by atoms with Crippen molar-refractivity contribution >= 4 is 24.2 Å². The normalized spacial score (nSPS) is 16.3. The van der Waals surface area contributed by atoms with E-state index in [4.69, 9.17) is 4.74 Å². The molecule has 0 aliphatic carbocycles. The summed E-state index contributed by atoms with van der Waals surface area (Å²) in [5.74, 6) is -0.308. The Morgan fingerprint density at radius 1 is 0.921 bits per heavy atom. The van der Waals surface area contributed by atoms with Crippen molar-refractivity contribution in [1.82, 2.24) is 4.48 Å². The summed E-state index contributed by atoms with van der Waals surface area (Å²) in [6, 6.07) is 0. The number of aromatic nitrogens is 1. The standard InChI is InChI=1S/C31H47BF2N2O2/c1-9-26-22(5)29-28(19-17-15-13-11-12-14-16-18-20-38-31(37)21(3)4)30-23(6)27(10-2)25(8)36(30)32(33,34)35(29)24(26)7/h3,9-20H2,1-2,4-8H3. The fourth-order valence-corrected chi connectivity index (χ4v) is 6.60. The summed E-state index contributed by atoms with van der Waals surface area (Å²) in [4.78, 5) is 11.4. The quantitative estimate of drug-likeness (QED) is 0.105. The van der Waals surface area contributed by atoms with E-state index < -0.39 is 6.97 Å². The summed E-state index contributed by atoms with van der Waals surface area (Å²) in [6.07, 6.45) is 11.0. The highest BCUT2D eigenvalue weighted by Gasteiger charge is 2.56. The van der Waals surface area contributed by atoms with Crippen molar-refractivity contribution in [2.24, 2.45) is 0 Å². The average molecular weight is 529 g/mol. The van der Waals surface area contributed by atoms with Gasteiger partial charge in [0.1, 0.15) is 5.71 Å². The number of halogens is 2. The third-order valence-electron chi connectivity index (χ3n) is 8.50. The molecule has 0 bridgehead atoms. The molecule has 0 unspecified atom stereocenters. The van der Waals surface area contributed by atoms with Crippen molar-refractivity contribution in [2.45, 2.75) is 119 Å². The molecule has 0 spiro atoms. The number of esters is 1. The van der Waals surface area contributed by atoms with Crippen LogP contribution in [0.15, 0.2) is 29.0 Å². The second kappa shape index (κ2) is 12.6. The summed E-state index contributed by atoms with van der Waals surface area (Å²) in [6.45, 7) is 13.7. The van der Waals surface area contributed by atoms with E-state index in [1.165, 1.54) is 21.8 Å². The summed E-state index contributed by atoms with van der Waals surface area (Å²) >= 11 is 0. The molecule has 3 rings (SSSR count). The van der Waals surface area contributed by atoms with E-state index >= 15 is 8.63 Å². The fraction of sp³-hybridized carbons (Fsp3) is 0.613. The number of hydrogen-bond donors (Lipinski definition) is 0. The molecule has 0 atom stereocenters. The van der Waals surface area contributed by atoms with E-state index in [1.54, 1.807) is 6.92 Å². The molecule has 3 heterocycles. The minimum absolute atomic E-state index is 0.308. The summed E-state index contributed by atoms with van der Waals surface area (Å²) in [5, 5.41) is 0. The number of fused-ring (bicyclic) bond motifs is 2. The Hall–Kier alpha value is -2.44. The van der Waals surface area contributed by atoms with Crippen LogP contribution in [0.4, 0.5) is 8.63 Å². The van der Waals surface area contributed by atoms with Crippen LogP contribution in [0.1, 0.15) is 121 Å². The van der Waals surface area contributed by atoms with Crippen LogP contribution in [0.2, 0.25) is 0 Å². The zero-order valence-electron chi connectivity index (χ0n) is 24.7.